The fraction of sp³-hybridized carbons (Fsp3) is 0.600. The van der Waals surface area contributed by atoms with E-state index in [9.17, 15) is 9.18 Å². The minimum atomic E-state index is -1.11. The number of halogens is 2. The molecule has 0 spiro atoms. The van der Waals surface area contributed by atoms with Crippen LogP contribution in [0.4, 0.5) is 4.39 Å². The number of likely N-dealkylation sites (tertiary alicyclic amines) is 1. The summed E-state index contributed by atoms with van der Waals surface area (Å²) in [6, 6.07) is 4.85. The van der Waals surface area contributed by atoms with E-state index in [-0.39, 0.29) is 37.1 Å². The molecule has 0 radical (unpaired) electrons. The van der Waals surface area contributed by atoms with E-state index in [1.165, 1.54) is 4.90 Å². The normalized spacial score (nSPS) is 29.7. The highest BCUT2D eigenvalue weighted by atomic mass is 35.5. The van der Waals surface area contributed by atoms with Gasteiger partial charge in [-0.25, -0.2) is 9.37 Å². The third kappa shape index (κ3) is 5.87. The van der Waals surface area contributed by atoms with E-state index in [2.05, 4.69) is 22.4 Å². The number of carbonyl (C=O) groups is 1. The molecule has 3 rings (SSSR count). The van der Waals surface area contributed by atoms with Gasteiger partial charge in [0.2, 0.25) is 5.91 Å². The summed E-state index contributed by atoms with van der Waals surface area (Å²) in [6.07, 6.45) is 5.51. The van der Waals surface area contributed by atoms with Crippen LogP contribution in [0.2, 0.25) is 5.15 Å². The fourth-order valence-corrected chi connectivity index (χ4v) is 3.84. The van der Waals surface area contributed by atoms with Gasteiger partial charge in [0, 0.05) is 23.7 Å². The van der Waals surface area contributed by atoms with Gasteiger partial charge in [-0.1, -0.05) is 16.8 Å². The number of hydrogen-bond acceptors (Lipinski definition) is 6. The average Bonchev–Trinajstić information content (AvgIpc) is 3.10. The first kappa shape index (κ1) is 21.5. The van der Waals surface area contributed by atoms with Gasteiger partial charge in [0.15, 0.2) is 0 Å². The quantitative estimate of drug-likeness (QED) is 0.433. The molecule has 9 heteroatoms. The van der Waals surface area contributed by atoms with Crippen molar-refractivity contribution in [2.75, 3.05) is 13.1 Å². The number of alkyl halides is 1. The lowest BCUT2D eigenvalue weighted by atomic mass is 9.82. The molecule has 1 N–H and O–H groups in total. The van der Waals surface area contributed by atoms with E-state index in [0.29, 0.717) is 5.15 Å². The van der Waals surface area contributed by atoms with Gasteiger partial charge >= 0.3 is 0 Å². The van der Waals surface area contributed by atoms with Crippen LogP contribution in [0.25, 0.3) is 0 Å². The zero-order chi connectivity index (χ0) is 20.9. The van der Waals surface area contributed by atoms with Gasteiger partial charge < -0.3 is 15.1 Å². The fourth-order valence-electron chi connectivity index (χ4n) is 3.72. The summed E-state index contributed by atoms with van der Waals surface area (Å²) in [7, 11) is 0. The number of oxime groups is 1. The molecule has 1 saturated carbocycles. The van der Waals surface area contributed by atoms with Gasteiger partial charge in [-0.3, -0.25) is 4.79 Å². The van der Waals surface area contributed by atoms with Crippen molar-refractivity contribution in [1.82, 2.24) is 15.2 Å². The minimum absolute atomic E-state index is 0.00646. The van der Waals surface area contributed by atoms with Crippen molar-refractivity contribution in [2.24, 2.45) is 5.16 Å². The third-order valence-electron chi connectivity index (χ3n) is 5.58. The van der Waals surface area contributed by atoms with Gasteiger partial charge in [0.25, 0.3) is 0 Å². The molecule has 29 heavy (non-hydrogen) atoms. The van der Waals surface area contributed by atoms with Crippen molar-refractivity contribution in [3.8, 4) is 6.07 Å². The van der Waals surface area contributed by atoms with Crippen molar-refractivity contribution < 1.29 is 14.0 Å². The van der Waals surface area contributed by atoms with Crippen LogP contribution < -0.4 is 5.32 Å². The SMILES string of the molecule is CC1(NCC(=O)N2C[C@@H](F)C[C@H]2C#N)CCC(O/N=C/c2ccc(Cl)nc2)CC1. The average molecular weight is 422 g/mol. The second-order valence-corrected chi connectivity index (χ2v) is 8.28. The van der Waals surface area contributed by atoms with Crippen LogP contribution >= 0.6 is 11.6 Å². The smallest absolute Gasteiger partial charge is 0.237 e. The van der Waals surface area contributed by atoms with Gasteiger partial charge in [-0.2, -0.15) is 5.26 Å². The van der Waals surface area contributed by atoms with Crippen molar-refractivity contribution in [2.45, 2.75) is 62.9 Å². The number of carbonyl (C=O) groups excluding carboxylic acids is 1. The van der Waals surface area contributed by atoms with Crippen LogP contribution in [0.5, 0.6) is 0 Å². The molecule has 0 unspecified atom stereocenters. The van der Waals surface area contributed by atoms with E-state index in [1.54, 1.807) is 18.5 Å². The van der Waals surface area contributed by atoms with E-state index >= 15 is 0 Å². The lowest BCUT2D eigenvalue weighted by Crippen LogP contribution is -2.51. The van der Waals surface area contributed by atoms with Gasteiger partial charge in [-0.15, -0.1) is 0 Å². The first-order valence-corrected chi connectivity index (χ1v) is 10.2. The Kier molecular flexibility index (Phi) is 7.04. The number of rotatable bonds is 6. The summed E-state index contributed by atoms with van der Waals surface area (Å²) >= 11 is 5.75. The molecule has 2 heterocycles. The second kappa shape index (κ2) is 9.51. The summed E-state index contributed by atoms with van der Waals surface area (Å²) in [5.74, 6) is -0.225. The van der Waals surface area contributed by atoms with Gasteiger partial charge in [-0.05, 0) is 44.7 Å². The van der Waals surface area contributed by atoms with Crippen molar-refractivity contribution >= 4 is 23.7 Å². The summed E-state index contributed by atoms with van der Waals surface area (Å²) in [5, 5.41) is 16.9. The Labute approximate surface area is 174 Å². The molecular formula is C20H25ClFN5O2. The molecule has 1 amide bonds. The molecule has 2 atom stereocenters. The summed E-state index contributed by atoms with van der Waals surface area (Å²) in [5.41, 5.74) is 0.611. The molecule has 0 aromatic carbocycles. The van der Waals surface area contributed by atoms with Crippen LogP contribution in [0.1, 0.15) is 44.6 Å². The first-order valence-electron chi connectivity index (χ1n) is 9.77. The molecule has 2 fully saturated rings. The maximum absolute atomic E-state index is 13.5. The highest BCUT2D eigenvalue weighted by Gasteiger charge is 2.37. The maximum Gasteiger partial charge on any atom is 0.237 e. The molecule has 1 aromatic rings. The largest absolute Gasteiger partial charge is 0.392 e. The molecule has 1 aliphatic heterocycles. The Morgan fingerprint density at radius 1 is 1.55 bits per heavy atom. The predicted octanol–water partition coefficient (Wildman–Crippen LogP) is 2.84. The second-order valence-electron chi connectivity index (χ2n) is 7.89. The highest BCUT2D eigenvalue weighted by Crippen LogP contribution is 2.30. The molecule has 2 aliphatic rings. The Bertz CT molecular complexity index is 774. The maximum atomic E-state index is 13.5. The molecule has 156 valence electrons. The topological polar surface area (TPSA) is 90.6 Å². The third-order valence-corrected chi connectivity index (χ3v) is 5.81. The summed E-state index contributed by atoms with van der Waals surface area (Å²) in [4.78, 5) is 23.3. The molecule has 1 aliphatic carbocycles. The van der Waals surface area contributed by atoms with Crippen molar-refractivity contribution in [3.63, 3.8) is 0 Å². The Morgan fingerprint density at radius 2 is 2.31 bits per heavy atom. The van der Waals surface area contributed by atoms with Crippen molar-refractivity contribution in [1.29, 1.82) is 5.26 Å². The van der Waals surface area contributed by atoms with Crippen LogP contribution in [-0.2, 0) is 9.63 Å². The van der Waals surface area contributed by atoms with E-state index in [4.69, 9.17) is 21.7 Å². The standard InChI is InChI=1S/C20H25ClFN5O2/c1-20(25-12-19(28)27-13-15(22)8-16(27)9-23)6-4-17(5-7-20)29-26-11-14-2-3-18(21)24-10-14/h2-3,10-11,15-17,25H,4-8,12-13H2,1H3/b26-11+/t15-,16-,17?,20?/m0/s1. The number of hydrogen-bond donors (Lipinski definition) is 1. The lowest BCUT2D eigenvalue weighted by molar-refractivity contribution is -0.130. The zero-order valence-corrected chi connectivity index (χ0v) is 17.1. The Balaban J connectivity index is 1.41. The van der Waals surface area contributed by atoms with Crippen molar-refractivity contribution in [3.05, 3.63) is 29.0 Å². The van der Waals surface area contributed by atoms with E-state index in [1.807, 2.05) is 12.1 Å². The summed E-state index contributed by atoms with van der Waals surface area (Å²) in [6.45, 7) is 2.18. The number of pyridine rings is 1. The van der Waals surface area contributed by atoms with Crippen LogP contribution in [0.15, 0.2) is 23.5 Å². The van der Waals surface area contributed by atoms with Crippen LogP contribution in [0.3, 0.4) is 0 Å². The van der Waals surface area contributed by atoms with Gasteiger partial charge in [0.1, 0.15) is 23.5 Å². The van der Waals surface area contributed by atoms with Gasteiger partial charge in [0.05, 0.1) is 25.4 Å². The monoisotopic (exact) mass is 421 g/mol. The minimum Gasteiger partial charge on any atom is -0.392 e. The van der Waals surface area contributed by atoms with E-state index in [0.717, 1.165) is 31.2 Å². The predicted molar refractivity (Wildman–Crippen MR) is 107 cm³/mol. The number of amides is 1. The highest BCUT2D eigenvalue weighted by molar-refractivity contribution is 6.29. The number of nitriles is 1. The zero-order valence-electron chi connectivity index (χ0n) is 16.4. The molecule has 1 aromatic heterocycles. The lowest BCUT2D eigenvalue weighted by Gasteiger charge is -2.37. The molecule has 1 saturated heterocycles. The number of nitrogens with zero attached hydrogens (tertiary/aromatic N) is 4. The molecule has 7 nitrogen and oxygen atoms in total. The van der Waals surface area contributed by atoms with Crippen LogP contribution in [0, 0.1) is 11.3 Å². The Morgan fingerprint density at radius 3 is 2.97 bits per heavy atom. The van der Waals surface area contributed by atoms with E-state index < -0.39 is 12.2 Å². The number of aromatic nitrogens is 1. The summed E-state index contributed by atoms with van der Waals surface area (Å²) < 4.78 is 13.5. The number of nitrogens with one attached hydrogen (secondary N) is 1. The van der Waals surface area contributed by atoms with Crippen LogP contribution in [-0.4, -0.2) is 59.0 Å². The molecule has 0 bridgehead atoms. The first-order chi connectivity index (χ1) is 13.9. The Hall–Kier alpha value is -2.24. The molecular weight excluding hydrogens is 397 g/mol.